The Morgan fingerprint density at radius 2 is 1.64 bits per heavy atom. The Labute approximate surface area is 168 Å². The number of nitrogens with one attached hydrogen (secondary N) is 1. The summed E-state index contributed by atoms with van der Waals surface area (Å²) in [6.45, 7) is 0. The lowest BCUT2D eigenvalue weighted by atomic mass is 10.0. The number of benzene rings is 3. The quantitative estimate of drug-likeness (QED) is 0.474. The second kappa shape index (κ2) is 8.17. The summed E-state index contributed by atoms with van der Waals surface area (Å²) in [5.41, 5.74) is 4.67. The normalized spacial score (nSPS) is 10.5. The molecule has 4 rings (SSSR count). The van der Waals surface area contributed by atoms with Gasteiger partial charge in [-0.15, -0.1) is 0 Å². The molecule has 0 aliphatic carbocycles. The highest BCUT2D eigenvalue weighted by Gasteiger charge is 2.05. The summed E-state index contributed by atoms with van der Waals surface area (Å²) < 4.78 is 0. The molecule has 1 aromatic heterocycles. The highest BCUT2D eigenvalue weighted by molar-refractivity contribution is 6.30. The van der Waals surface area contributed by atoms with E-state index in [2.05, 4.69) is 29.0 Å². The Hall–Kier alpha value is -3.28. The van der Waals surface area contributed by atoms with Gasteiger partial charge in [0.05, 0.1) is 0 Å². The van der Waals surface area contributed by atoms with Crippen LogP contribution in [-0.4, -0.2) is 4.98 Å². The lowest BCUT2D eigenvalue weighted by Gasteiger charge is -2.05. The highest BCUT2D eigenvalue weighted by atomic mass is 35.5. The molecule has 0 bridgehead atoms. The van der Waals surface area contributed by atoms with E-state index in [0.717, 1.165) is 27.6 Å². The van der Waals surface area contributed by atoms with Crippen LogP contribution in [0.25, 0.3) is 10.9 Å². The molecule has 1 N–H and O–H groups in total. The van der Waals surface area contributed by atoms with Crippen LogP contribution >= 0.6 is 11.6 Å². The Morgan fingerprint density at radius 1 is 0.857 bits per heavy atom. The van der Waals surface area contributed by atoms with Crippen LogP contribution in [0.5, 0.6) is 0 Å². The minimum atomic E-state index is -0.0645. The maximum Gasteiger partial charge on any atom is 0.251 e. The van der Waals surface area contributed by atoms with Crippen molar-refractivity contribution in [3.63, 3.8) is 0 Å². The molecule has 2 nitrogen and oxygen atoms in total. The van der Waals surface area contributed by atoms with Crippen molar-refractivity contribution in [3.8, 4) is 11.8 Å². The third kappa shape index (κ3) is 4.34. The Kier molecular flexibility index (Phi) is 5.28. The molecule has 0 spiro atoms. The fourth-order valence-electron chi connectivity index (χ4n) is 3.13. The van der Waals surface area contributed by atoms with Gasteiger partial charge in [0.15, 0.2) is 0 Å². The van der Waals surface area contributed by atoms with Gasteiger partial charge in [0, 0.05) is 34.5 Å². The Bertz CT molecular complexity index is 1230. The van der Waals surface area contributed by atoms with Gasteiger partial charge >= 0.3 is 0 Å². The monoisotopic (exact) mass is 383 g/mol. The van der Waals surface area contributed by atoms with Gasteiger partial charge in [-0.2, -0.15) is 0 Å². The van der Waals surface area contributed by atoms with E-state index in [1.807, 2.05) is 66.7 Å². The summed E-state index contributed by atoms with van der Waals surface area (Å²) in [7, 11) is 0. The zero-order valence-electron chi connectivity index (χ0n) is 15.2. The number of pyridine rings is 1. The van der Waals surface area contributed by atoms with E-state index in [1.165, 1.54) is 5.56 Å². The number of halogens is 1. The van der Waals surface area contributed by atoms with E-state index in [0.29, 0.717) is 17.9 Å². The number of H-pyrrole nitrogens is 1. The lowest BCUT2D eigenvalue weighted by molar-refractivity contribution is 1.12. The van der Waals surface area contributed by atoms with E-state index >= 15 is 0 Å². The molecule has 0 saturated heterocycles. The highest BCUT2D eigenvalue weighted by Crippen LogP contribution is 2.16. The third-order valence-corrected chi connectivity index (χ3v) is 4.85. The smallest absolute Gasteiger partial charge is 0.251 e. The van der Waals surface area contributed by atoms with E-state index in [1.54, 1.807) is 0 Å². The molecule has 0 saturated carbocycles. The van der Waals surface area contributed by atoms with Gasteiger partial charge < -0.3 is 4.98 Å². The topological polar surface area (TPSA) is 32.9 Å². The largest absolute Gasteiger partial charge is 0.322 e. The van der Waals surface area contributed by atoms with Gasteiger partial charge in [0.1, 0.15) is 0 Å². The summed E-state index contributed by atoms with van der Waals surface area (Å²) in [4.78, 5) is 15.4. The van der Waals surface area contributed by atoms with Crippen LogP contribution in [0.2, 0.25) is 5.02 Å². The maximum atomic E-state index is 12.4. The van der Waals surface area contributed by atoms with Crippen molar-refractivity contribution in [2.45, 2.75) is 12.8 Å². The minimum Gasteiger partial charge on any atom is -0.322 e. The van der Waals surface area contributed by atoms with Crippen molar-refractivity contribution in [1.29, 1.82) is 0 Å². The van der Waals surface area contributed by atoms with E-state index < -0.39 is 0 Å². The molecule has 0 unspecified atom stereocenters. The number of aromatic nitrogens is 1. The van der Waals surface area contributed by atoms with E-state index in [4.69, 9.17) is 11.6 Å². The standard InChI is InChI=1S/C25H18ClNO/c26-23-12-9-20(10-13-23)16-22-17-21-15-19(11-14-24(21)27-25(22)28)8-4-7-18-5-2-1-3-6-18/h1-3,5-6,9-15,17H,7,16H2,(H,27,28). The molecule has 0 radical (unpaired) electrons. The van der Waals surface area contributed by atoms with Gasteiger partial charge in [-0.05, 0) is 52.9 Å². The first-order chi connectivity index (χ1) is 13.7. The molecule has 3 aromatic carbocycles. The predicted molar refractivity (Wildman–Crippen MR) is 116 cm³/mol. The van der Waals surface area contributed by atoms with Crippen molar-refractivity contribution >= 4 is 22.5 Å². The van der Waals surface area contributed by atoms with Crippen molar-refractivity contribution in [1.82, 2.24) is 4.98 Å². The molecule has 136 valence electrons. The number of rotatable bonds is 3. The predicted octanol–water partition coefficient (Wildman–Crippen LogP) is 5.37. The van der Waals surface area contributed by atoms with Crippen LogP contribution in [0.1, 0.15) is 22.3 Å². The summed E-state index contributed by atoms with van der Waals surface area (Å²) in [6.07, 6.45) is 1.28. The molecule has 0 amide bonds. The van der Waals surface area contributed by atoms with Crippen LogP contribution in [0.3, 0.4) is 0 Å². The SMILES string of the molecule is O=c1[nH]c2ccc(C#CCc3ccccc3)cc2cc1Cc1ccc(Cl)cc1. The van der Waals surface area contributed by atoms with E-state index in [-0.39, 0.29) is 5.56 Å². The average molecular weight is 384 g/mol. The Morgan fingerprint density at radius 3 is 2.43 bits per heavy atom. The van der Waals surface area contributed by atoms with Gasteiger partial charge in [-0.3, -0.25) is 4.79 Å². The number of aromatic amines is 1. The van der Waals surface area contributed by atoms with Crippen LogP contribution in [0, 0.1) is 11.8 Å². The van der Waals surface area contributed by atoms with Crippen LogP contribution < -0.4 is 5.56 Å². The van der Waals surface area contributed by atoms with Crippen molar-refractivity contribution in [3.05, 3.63) is 116 Å². The molecule has 3 heteroatoms. The van der Waals surface area contributed by atoms with Crippen molar-refractivity contribution in [2.75, 3.05) is 0 Å². The van der Waals surface area contributed by atoms with Gasteiger partial charge in [0.2, 0.25) is 0 Å². The van der Waals surface area contributed by atoms with Crippen LogP contribution in [0.15, 0.2) is 83.7 Å². The molecular weight excluding hydrogens is 366 g/mol. The lowest BCUT2D eigenvalue weighted by Crippen LogP contribution is -2.12. The fraction of sp³-hybridized carbons (Fsp3) is 0.0800. The molecule has 0 atom stereocenters. The van der Waals surface area contributed by atoms with Gasteiger partial charge in [0.25, 0.3) is 5.56 Å². The first kappa shape index (κ1) is 18.1. The molecule has 0 aliphatic heterocycles. The first-order valence-corrected chi connectivity index (χ1v) is 9.48. The second-order valence-corrected chi connectivity index (χ2v) is 7.13. The van der Waals surface area contributed by atoms with E-state index in [9.17, 15) is 4.79 Å². The fourth-order valence-corrected chi connectivity index (χ4v) is 3.25. The molecule has 1 heterocycles. The Balaban J connectivity index is 1.60. The summed E-state index contributed by atoms with van der Waals surface area (Å²) in [5.74, 6) is 6.44. The number of hydrogen-bond donors (Lipinski definition) is 1. The first-order valence-electron chi connectivity index (χ1n) is 9.10. The van der Waals surface area contributed by atoms with Gasteiger partial charge in [-0.25, -0.2) is 0 Å². The minimum absolute atomic E-state index is 0.0645. The maximum absolute atomic E-state index is 12.4. The molecule has 0 aliphatic rings. The number of hydrogen-bond acceptors (Lipinski definition) is 1. The summed E-state index contributed by atoms with van der Waals surface area (Å²) in [5, 5.41) is 1.67. The zero-order chi connectivity index (χ0) is 19.3. The molecule has 4 aromatic rings. The van der Waals surface area contributed by atoms with Crippen LogP contribution in [0.4, 0.5) is 0 Å². The summed E-state index contributed by atoms with van der Waals surface area (Å²) >= 11 is 5.94. The molecular formula is C25H18ClNO. The number of fused-ring (bicyclic) bond motifs is 1. The molecule has 28 heavy (non-hydrogen) atoms. The second-order valence-electron chi connectivity index (χ2n) is 6.69. The van der Waals surface area contributed by atoms with Crippen molar-refractivity contribution in [2.24, 2.45) is 0 Å². The van der Waals surface area contributed by atoms with Gasteiger partial charge in [-0.1, -0.05) is 65.9 Å². The van der Waals surface area contributed by atoms with Crippen LogP contribution in [-0.2, 0) is 12.8 Å². The summed E-state index contributed by atoms with van der Waals surface area (Å²) in [6, 6.07) is 25.6. The zero-order valence-corrected chi connectivity index (χ0v) is 16.0. The average Bonchev–Trinajstić information content (AvgIpc) is 2.71. The molecule has 0 fully saturated rings. The third-order valence-electron chi connectivity index (χ3n) is 4.60. The van der Waals surface area contributed by atoms with Crippen molar-refractivity contribution < 1.29 is 0 Å².